The van der Waals surface area contributed by atoms with Crippen LogP contribution in [0.5, 0.6) is 0 Å². The van der Waals surface area contributed by atoms with Crippen LogP contribution in [0.4, 0.5) is 4.39 Å². The number of piperazine rings is 1. The molecule has 0 aliphatic carbocycles. The zero-order chi connectivity index (χ0) is 19.1. The van der Waals surface area contributed by atoms with Crippen molar-refractivity contribution < 1.29 is 14.0 Å². The third-order valence-corrected chi connectivity index (χ3v) is 5.96. The van der Waals surface area contributed by atoms with Gasteiger partial charge < -0.3 is 10.2 Å². The Hall–Kier alpha value is -2.74. The van der Waals surface area contributed by atoms with Gasteiger partial charge in [-0.2, -0.15) is 5.10 Å². The molecule has 1 aromatic carbocycles. The number of hydrogen-bond acceptors (Lipinski definition) is 4. The van der Waals surface area contributed by atoms with Crippen molar-refractivity contribution in [2.75, 3.05) is 13.1 Å². The Morgan fingerprint density at radius 2 is 2.11 bits per heavy atom. The molecular weight excluding hydrogens is 367 g/mol. The van der Waals surface area contributed by atoms with Gasteiger partial charge >= 0.3 is 0 Å². The zero-order valence-electron chi connectivity index (χ0n) is 15.0. The van der Waals surface area contributed by atoms with Crippen LogP contribution in [0.2, 0.25) is 0 Å². The molecule has 0 radical (unpaired) electrons. The number of carbonyl (C=O) groups is 2. The number of carbonyl (C=O) groups excluding carboxylic acids is 2. The molecule has 8 heteroatoms. The van der Waals surface area contributed by atoms with Crippen LogP contribution in [0.1, 0.15) is 27.9 Å². The highest BCUT2D eigenvalue weighted by atomic mass is 32.1. The SMILES string of the molecule is Cc1nn(Cc2ccc(F)cc2)c2sc(C(=O)N3CCNC(=O)C3C)cc12. The molecule has 2 aromatic heterocycles. The van der Waals surface area contributed by atoms with Gasteiger partial charge in [-0.3, -0.25) is 14.3 Å². The van der Waals surface area contributed by atoms with E-state index >= 15 is 0 Å². The number of thiophene rings is 1. The predicted molar refractivity (Wildman–Crippen MR) is 101 cm³/mol. The lowest BCUT2D eigenvalue weighted by Crippen LogP contribution is -2.55. The van der Waals surface area contributed by atoms with Crippen LogP contribution in [-0.4, -0.2) is 45.6 Å². The topological polar surface area (TPSA) is 67.2 Å². The first kappa shape index (κ1) is 17.7. The van der Waals surface area contributed by atoms with Crippen molar-refractivity contribution in [3.05, 3.63) is 52.3 Å². The van der Waals surface area contributed by atoms with Gasteiger partial charge in [0.15, 0.2) is 0 Å². The summed E-state index contributed by atoms with van der Waals surface area (Å²) in [6, 6.07) is 7.68. The van der Waals surface area contributed by atoms with Crippen molar-refractivity contribution in [1.29, 1.82) is 0 Å². The maximum atomic E-state index is 13.1. The number of fused-ring (bicyclic) bond motifs is 1. The van der Waals surface area contributed by atoms with Gasteiger partial charge in [0.1, 0.15) is 16.7 Å². The Kier molecular flexibility index (Phi) is 4.43. The molecule has 3 aromatic rings. The lowest BCUT2D eigenvalue weighted by Gasteiger charge is -2.32. The van der Waals surface area contributed by atoms with Crippen molar-refractivity contribution in [1.82, 2.24) is 20.0 Å². The van der Waals surface area contributed by atoms with Crippen molar-refractivity contribution in [2.24, 2.45) is 0 Å². The van der Waals surface area contributed by atoms with E-state index in [0.717, 1.165) is 21.5 Å². The molecule has 1 atom stereocenters. The molecule has 0 spiro atoms. The van der Waals surface area contributed by atoms with E-state index in [1.807, 2.05) is 17.7 Å². The normalized spacial score (nSPS) is 17.4. The fourth-order valence-corrected chi connectivity index (χ4v) is 4.41. The summed E-state index contributed by atoms with van der Waals surface area (Å²) in [5, 5.41) is 8.25. The van der Waals surface area contributed by atoms with Gasteiger partial charge in [-0.1, -0.05) is 12.1 Å². The number of nitrogens with one attached hydrogen (secondary N) is 1. The smallest absolute Gasteiger partial charge is 0.264 e. The molecule has 1 unspecified atom stereocenters. The Bertz CT molecular complexity index is 1020. The minimum Gasteiger partial charge on any atom is -0.353 e. The van der Waals surface area contributed by atoms with Gasteiger partial charge in [0.2, 0.25) is 5.91 Å². The number of aromatic nitrogens is 2. The highest BCUT2D eigenvalue weighted by Crippen LogP contribution is 2.30. The molecule has 2 amide bonds. The van der Waals surface area contributed by atoms with Crippen molar-refractivity contribution >= 4 is 33.4 Å². The van der Waals surface area contributed by atoms with Gasteiger partial charge in [0.05, 0.1) is 17.1 Å². The molecule has 3 heterocycles. The molecule has 1 aliphatic rings. The number of aryl methyl sites for hydroxylation is 1. The van der Waals surface area contributed by atoms with Gasteiger partial charge in [-0.05, 0) is 37.6 Å². The number of benzene rings is 1. The van der Waals surface area contributed by atoms with Gasteiger partial charge in [-0.15, -0.1) is 11.3 Å². The molecule has 0 saturated carbocycles. The molecule has 6 nitrogen and oxygen atoms in total. The first-order valence-electron chi connectivity index (χ1n) is 8.74. The fraction of sp³-hybridized carbons (Fsp3) is 0.316. The summed E-state index contributed by atoms with van der Waals surface area (Å²) in [6.07, 6.45) is 0. The molecule has 1 aliphatic heterocycles. The van der Waals surface area contributed by atoms with Crippen LogP contribution < -0.4 is 5.32 Å². The minimum absolute atomic E-state index is 0.130. The van der Waals surface area contributed by atoms with E-state index in [-0.39, 0.29) is 17.6 Å². The van der Waals surface area contributed by atoms with Crippen molar-refractivity contribution in [2.45, 2.75) is 26.4 Å². The number of amides is 2. The van der Waals surface area contributed by atoms with E-state index < -0.39 is 6.04 Å². The Morgan fingerprint density at radius 3 is 2.85 bits per heavy atom. The number of nitrogens with zero attached hydrogens (tertiary/aromatic N) is 3. The summed E-state index contributed by atoms with van der Waals surface area (Å²) in [7, 11) is 0. The average Bonchev–Trinajstić information content (AvgIpc) is 3.20. The second kappa shape index (κ2) is 6.77. The lowest BCUT2D eigenvalue weighted by atomic mass is 10.2. The standard InChI is InChI=1S/C19H19FN4O2S/c1-11-15-9-16(18(26)23-8-7-21-17(25)12(23)2)27-19(15)24(22-11)10-13-3-5-14(20)6-4-13/h3-6,9,12H,7-8,10H2,1-2H3,(H,21,25). The second-order valence-corrected chi connectivity index (χ2v) is 7.70. The Morgan fingerprint density at radius 1 is 1.37 bits per heavy atom. The summed E-state index contributed by atoms with van der Waals surface area (Å²) in [5.74, 6) is -0.537. The average molecular weight is 386 g/mol. The highest BCUT2D eigenvalue weighted by Gasteiger charge is 2.31. The zero-order valence-corrected chi connectivity index (χ0v) is 15.8. The molecule has 27 heavy (non-hydrogen) atoms. The molecular formula is C19H19FN4O2S. The molecule has 1 saturated heterocycles. The first-order valence-corrected chi connectivity index (χ1v) is 9.56. The van der Waals surface area contributed by atoms with E-state index in [0.29, 0.717) is 24.5 Å². The van der Waals surface area contributed by atoms with Gasteiger partial charge in [0, 0.05) is 18.5 Å². The summed E-state index contributed by atoms with van der Waals surface area (Å²) in [5.41, 5.74) is 1.77. The maximum Gasteiger partial charge on any atom is 0.264 e. The monoisotopic (exact) mass is 386 g/mol. The minimum atomic E-state index is -0.478. The van der Waals surface area contributed by atoms with E-state index in [4.69, 9.17) is 0 Å². The summed E-state index contributed by atoms with van der Waals surface area (Å²) in [4.78, 5) is 27.9. The second-order valence-electron chi connectivity index (χ2n) is 6.66. The summed E-state index contributed by atoms with van der Waals surface area (Å²) in [6.45, 7) is 5.11. The number of rotatable bonds is 3. The van der Waals surface area contributed by atoms with E-state index in [2.05, 4.69) is 10.4 Å². The third-order valence-electron chi connectivity index (χ3n) is 4.82. The van der Waals surface area contributed by atoms with Crippen LogP contribution in [0.15, 0.2) is 30.3 Å². The quantitative estimate of drug-likeness (QED) is 0.752. The maximum absolute atomic E-state index is 13.1. The molecule has 4 rings (SSSR count). The molecule has 1 N–H and O–H groups in total. The fourth-order valence-electron chi connectivity index (χ4n) is 3.29. The van der Waals surface area contributed by atoms with E-state index in [1.165, 1.54) is 23.5 Å². The van der Waals surface area contributed by atoms with Crippen LogP contribution in [0, 0.1) is 12.7 Å². The van der Waals surface area contributed by atoms with Crippen LogP contribution in [-0.2, 0) is 11.3 Å². The van der Waals surface area contributed by atoms with Crippen molar-refractivity contribution in [3.8, 4) is 0 Å². The predicted octanol–water partition coefficient (Wildman–Crippen LogP) is 2.55. The lowest BCUT2D eigenvalue weighted by molar-refractivity contribution is -0.127. The Balaban J connectivity index is 1.65. The molecule has 1 fully saturated rings. The van der Waals surface area contributed by atoms with E-state index in [9.17, 15) is 14.0 Å². The number of hydrogen-bond donors (Lipinski definition) is 1. The largest absolute Gasteiger partial charge is 0.353 e. The van der Waals surface area contributed by atoms with E-state index in [1.54, 1.807) is 24.0 Å². The highest BCUT2D eigenvalue weighted by molar-refractivity contribution is 7.20. The van der Waals surface area contributed by atoms with Gasteiger partial charge in [0.25, 0.3) is 5.91 Å². The van der Waals surface area contributed by atoms with Crippen LogP contribution >= 0.6 is 11.3 Å². The molecule has 140 valence electrons. The summed E-state index contributed by atoms with van der Waals surface area (Å²) >= 11 is 1.38. The molecule has 0 bridgehead atoms. The van der Waals surface area contributed by atoms with Gasteiger partial charge in [-0.25, -0.2) is 4.39 Å². The third kappa shape index (κ3) is 3.21. The first-order chi connectivity index (χ1) is 12.9. The summed E-state index contributed by atoms with van der Waals surface area (Å²) < 4.78 is 15.0. The van der Waals surface area contributed by atoms with Crippen LogP contribution in [0.25, 0.3) is 10.2 Å². The Labute approximate surface area is 159 Å². The van der Waals surface area contributed by atoms with Crippen molar-refractivity contribution in [3.63, 3.8) is 0 Å². The number of halogens is 1. The van der Waals surface area contributed by atoms with Crippen LogP contribution in [0.3, 0.4) is 0 Å².